The first-order valence-electron chi connectivity index (χ1n) is 8.48. The van der Waals surface area contributed by atoms with Crippen molar-refractivity contribution in [3.8, 4) is 5.75 Å². The van der Waals surface area contributed by atoms with E-state index in [2.05, 4.69) is 0 Å². The Morgan fingerprint density at radius 1 is 0.957 bits per heavy atom. The maximum Gasteiger partial charge on any atom is 0.119 e. The summed E-state index contributed by atoms with van der Waals surface area (Å²) in [5, 5.41) is 8.55. The lowest BCUT2D eigenvalue weighted by Crippen LogP contribution is -2.06. The van der Waals surface area contributed by atoms with Gasteiger partial charge < -0.3 is 25.1 Å². The van der Waals surface area contributed by atoms with Crippen LogP contribution in [0, 0.1) is 0 Å². The molecule has 1 aromatic carbocycles. The highest BCUT2D eigenvalue weighted by Gasteiger charge is 2.01. The highest BCUT2D eigenvalue weighted by Crippen LogP contribution is 2.17. The largest absolute Gasteiger partial charge is 0.494 e. The van der Waals surface area contributed by atoms with Crippen LogP contribution in [0.3, 0.4) is 0 Å². The van der Waals surface area contributed by atoms with E-state index in [9.17, 15) is 0 Å². The summed E-state index contributed by atoms with van der Waals surface area (Å²) in [5.74, 6) is 0.888. The Morgan fingerprint density at radius 3 is 2.39 bits per heavy atom. The highest BCUT2D eigenvalue weighted by atomic mass is 16.5. The summed E-state index contributed by atoms with van der Waals surface area (Å²) in [6.45, 7) is 5.32. The summed E-state index contributed by atoms with van der Waals surface area (Å²) in [4.78, 5) is 0. The van der Waals surface area contributed by atoms with E-state index in [1.165, 1.54) is 0 Å². The van der Waals surface area contributed by atoms with Crippen LogP contribution >= 0.6 is 0 Å². The molecule has 0 spiro atoms. The summed E-state index contributed by atoms with van der Waals surface area (Å²) in [7, 11) is 0. The molecule has 0 aromatic heterocycles. The zero-order chi connectivity index (χ0) is 16.8. The second-order valence-electron chi connectivity index (χ2n) is 5.57. The summed E-state index contributed by atoms with van der Waals surface area (Å²) >= 11 is 0. The third-order valence-corrected chi connectivity index (χ3v) is 3.40. The van der Waals surface area contributed by atoms with E-state index in [0.717, 1.165) is 50.2 Å². The smallest absolute Gasteiger partial charge is 0.119 e. The lowest BCUT2D eigenvalue weighted by molar-refractivity contribution is 0.0628. The number of nitrogens with two attached hydrogens (primary N) is 1. The normalized spacial score (nSPS) is 12.3. The topological polar surface area (TPSA) is 73.9 Å². The van der Waals surface area contributed by atoms with E-state index in [4.69, 9.17) is 25.1 Å². The molecule has 0 radical (unpaired) electrons. The van der Waals surface area contributed by atoms with Gasteiger partial charge in [-0.05, 0) is 50.3 Å². The summed E-state index contributed by atoms with van der Waals surface area (Å²) in [5.41, 5.74) is 6.96. The van der Waals surface area contributed by atoms with Crippen molar-refractivity contribution in [1.82, 2.24) is 0 Å². The summed E-state index contributed by atoms with van der Waals surface area (Å²) < 4.78 is 16.4. The average Bonchev–Trinajstić information content (AvgIpc) is 2.56. The van der Waals surface area contributed by atoms with Crippen LogP contribution in [-0.2, 0) is 9.47 Å². The second-order valence-corrected chi connectivity index (χ2v) is 5.57. The Kier molecular flexibility index (Phi) is 11.5. The van der Waals surface area contributed by atoms with Crippen molar-refractivity contribution in [2.75, 3.05) is 39.6 Å². The fourth-order valence-corrected chi connectivity index (χ4v) is 2.09. The van der Waals surface area contributed by atoms with Crippen molar-refractivity contribution in [3.63, 3.8) is 0 Å². The number of benzene rings is 1. The van der Waals surface area contributed by atoms with E-state index in [1.54, 1.807) is 0 Å². The minimum Gasteiger partial charge on any atom is -0.494 e. The third-order valence-electron chi connectivity index (χ3n) is 3.40. The Bertz CT molecular complexity index is 398. The van der Waals surface area contributed by atoms with Gasteiger partial charge in [0, 0.05) is 25.9 Å². The molecule has 5 nitrogen and oxygen atoms in total. The molecule has 0 aliphatic carbocycles. The molecule has 0 heterocycles. The van der Waals surface area contributed by atoms with Crippen LogP contribution in [0.1, 0.15) is 44.2 Å². The van der Waals surface area contributed by atoms with Gasteiger partial charge in [-0.3, -0.25) is 0 Å². The van der Waals surface area contributed by atoms with E-state index in [0.29, 0.717) is 19.8 Å². The maximum absolute atomic E-state index is 8.55. The van der Waals surface area contributed by atoms with Gasteiger partial charge in [0.2, 0.25) is 0 Å². The van der Waals surface area contributed by atoms with E-state index in [1.807, 2.05) is 31.2 Å². The lowest BCUT2D eigenvalue weighted by Gasteiger charge is -2.10. The van der Waals surface area contributed by atoms with Crippen LogP contribution in [0.25, 0.3) is 0 Å². The van der Waals surface area contributed by atoms with E-state index >= 15 is 0 Å². The molecule has 0 saturated carbocycles. The average molecular weight is 325 g/mol. The van der Waals surface area contributed by atoms with Crippen molar-refractivity contribution in [2.24, 2.45) is 5.73 Å². The van der Waals surface area contributed by atoms with Gasteiger partial charge in [0.1, 0.15) is 5.75 Å². The van der Waals surface area contributed by atoms with Crippen LogP contribution < -0.4 is 10.5 Å². The summed E-state index contributed by atoms with van der Waals surface area (Å²) in [6.07, 6.45) is 4.03. The molecule has 1 aromatic rings. The standard InChI is InChI=1S/C18H31NO4/c1-16(19)17-7-5-8-18(15-17)23-13-4-2-3-10-21-11-6-12-22-14-9-20/h5,7-8,15-16,20H,2-4,6,9-14,19H2,1H3/t16-/m1/s1. The molecule has 0 bridgehead atoms. The van der Waals surface area contributed by atoms with Gasteiger partial charge in [0.25, 0.3) is 0 Å². The molecular formula is C18H31NO4. The fourth-order valence-electron chi connectivity index (χ4n) is 2.09. The maximum atomic E-state index is 8.55. The molecule has 0 fully saturated rings. The molecule has 5 heteroatoms. The second kappa shape index (κ2) is 13.3. The SMILES string of the molecule is C[C@@H](N)c1cccc(OCCCCCOCCCOCCO)c1. The molecule has 0 aliphatic heterocycles. The Balaban J connectivity index is 1.93. The molecule has 23 heavy (non-hydrogen) atoms. The molecule has 3 N–H and O–H groups in total. The van der Waals surface area contributed by atoms with Gasteiger partial charge in [-0.25, -0.2) is 0 Å². The molecule has 0 saturated heterocycles. The zero-order valence-electron chi connectivity index (χ0n) is 14.2. The van der Waals surface area contributed by atoms with Crippen LogP contribution in [-0.4, -0.2) is 44.7 Å². The number of rotatable bonds is 14. The molecular weight excluding hydrogens is 294 g/mol. The van der Waals surface area contributed by atoms with Crippen molar-refractivity contribution < 1.29 is 19.3 Å². The molecule has 0 unspecified atom stereocenters. The first-order chi connectivity index (χ1) is 11.2. The molecule has 0 aliphatic rings. The Labute approximate surface area is 139 Å². The molecule has 1 atom stereocenters. The van der Waals surface area contributed by atoms with Gasteiger partial charge in [-0.2, -0.15) is 0 Å². The lowest BCUT2D eigenvalue weighted by atomic mass is 10.1. The van der Waals surface area contributed by atoms with Gasteiger partial charge in [-0.15, -0.1) is 0 Å². The van der Waals surface area contributed by atoms with Crippen molar-refractivity contribution in [1.29, 1.82) is 0 Å². The van der Waals surface area contributed by atoms with Crippen molar-refractivity contribution >= 4 is 0 Å². The third kappa shape index (κ3) is 10.3. The zero-order valence-corrected chi connectivity index (χ0v) is 14.2. The van der Waals surface area contributed by atoms with Crippen LogP contribution in [0.2, 0.25) is 0 Å². The quantitative estimate of drug-likeness (QED) is 0.514. The number of aliphatic hydroxyl groups is 1. The van der Waals surface area contributed by atoms with E-state index < -0.39 is 0 Å². The van der Waals surface area contributed by atoms with E-state index in [-0.39, 0.29) is 12.6 Å². The number of hydrogen-bond acceptors (Lipinski definition) is 5. The summed E-state index contributed by atoms with van der Waals surface area (Å²) in [6, 6.07) is 8.00. The van der Waals surface area contributed by atoms with Crippen LogP contribution in [0.5, 0.6) is 5.75 Å². The number of ether oxygens (including phenoxy) is 3. The monoisotopic (exact) mass is 325 g/mol. The van der Waals surface area contributed by atoms with Gasteiger partial charge in [-0.1, -0.05) is 12.1 Å². The predicted octanol–water partition coefficient (Wildman–Crippen LogP) is 2.67. The van der Waals surface area contributed by atoms with Crippen molar-refractivity contribution in [3.05, 3.63) is 29.8 Å². The molecule has 1 rings (SSSR count). The Hall–Kier alpha value is -1.14. The van der Waals surface area contributed by atoms with Crippen LogP contribution in [0.4, 0.5) is 0 Å². The number of hydrogen-bond donors (Lipinski definition) is 2. The minimum absolute atomic E-state index is 0.0322. The number of unbranched alkanes of at least 4 members (excludes halogenated alkanes) is 2. The van der Waals surface area contributed by atoms with Crippen molar-refractivity contribution in [2.45, 2.75) is 38.6 Å². The van der Waals surface area contributed by atoms with Gasteiger partial charge >= 0.3 is 0 Å². The number of aliphatic hydroxyl groups excluding tert-OH is 1. The first kappa shape index (κ1) is 19.9. The molecule has 132 valence electrons. The van der Waals surface area contributed by atoms with Gasteiger partial charge in [0.05, 0.1) is 19.8 Å². The van der Waals surface area contributed by atoms with Crippen LogP contribution in [0.15, 0.2) is 24.3 Å². The predicted molar refractivity (Wildman–Crippen MR) is 91.7 cm³/mol. The highest BCUT2D eigenvalue weighted by molar-refractivity contribution is 5.30. The molecule has 0 amide bonds. The Morgan fingerprint density at radius 2 is 1.65 bits per heavy atom. The fraction of sp³-hybridized carbons (Fsp3) is 0.667. The first-order valence-corrected chi connectivity index (χ1v) is 8.48. The van der Waals surface area contributed by atoms with Gasteiger partial charge in [0.15, 0.2) is 0 Å². The minimum atomic E-state index is 0.0322.